The maximum Gasteiger partial charge on any atom is 0.251 e. The Morgan fingerprint density at radius 2 is 1.43 bits per heavy atom. The first-order valence-electron chi connectivity index (χ1n) is 31.1. The maximum atomic E-state index is 14.4. The van der Waals surface area contributed by atoms with Crippen molar-refractivity contribution in [1.82, 2.24) is 55.4 Å². The molecule has 6 fully saturated rings. The number of halogens is 3. The molecule has 0 bridgehead atoms. The van der Waals surface area contributed by atoms with E-state index in [9.17, 15) is 32.8 Å². The van der Waals surface area contributed by atoms with Crippen molar-refractivity contribution in [2.45, 2.75) is 119 Å². The van der Waals surface area contributed by atoms with E-state index in [1.807, 2.05) is 58.5 Å². The number of amides is 5. The molecule has 0 unspecified atom stereocenters. The molecule has 11 rings (SSSR count). The van der Waals surface area contributed by atoms with Crippen LogP contribution >= 0.6 is 11.6 Å². The minimum atomic E-state index is -1.03. The summed E-state index contributed by atoms with van der Waals surface area (Å²) in [6, 6.07) is 19.5. The van der Waals surface area contributed by atoms with Crippen molar-refractivity contribution in [1.29, 1.82) is 0 Å². The summed E-state index contributed by atoms with van der Waals surface area (Å²) in [6.07, 6.45) is 13.3. The molecule has 1 saturated carbocycles. The number of carbonyl (C=O) groups is 5. The smallest absolute Gasteiger partial charge is 0.251 e. The van der Waals surface area contributed by atoms with Gasteiger partial charge < -0.3 is 51.0 Å². The van der Waals surface area contributed by atoms with Crippen LogP contribution in [0.3, 0.4) is 0 Å². The van der Waals surface area contributed by atoms with Crippen molar-refractivity contribution in [3.8, 4) is 0 Å². The number of fused-ring (bicyclic) bond motifs is 1. The molecule has 6 N–H and O–H groups in total. The SMILES string of the molecule is NC1(C(=O)N[C@@H](CCN2CCN(C(=O)CN3CCC(OC4CCN(C(=O)[C@H](NC(=O)c5ccc(C6CN(C(=O)CNCc7ccc(F)cc7F)C6)cc5)C5CCCCC5)CC4)CC3)CC2)c2ccc(Cl)cc2)CCN(c2ncnc3[nH]ccc23)CC1. The summed E-state index contributed by atoms with van der Waals surface area (Å²) in [6.45, 7) is 9.01. The number of carbonyl (C=O) groups excluding carboxylic acids is 5. The summed E-state index contributed by atoms with van der Waals surface area (Å²) in [7, 11) is 0. The normalized spacial score (nSPS) is 20.4. The Bertz CT molecular complexity index is 3130. The van der Waals surface area contributed by atoms with Crippen LogP contribution in [-0.2, 0) is 30.5 Å². The van der Waals surface area contributed by atoms with E-state index in [4.69, 9.17) is 22.1 Å². The molecule has 2 atom stereocenters. The van der Waals surface area contributed by atoms with Crippen LogP contribution < -0.4 is 26.6 Å². The highest BCUT2D eigenvalue weighted by atomic mass is 35.5. The third-order valence-electron chi connectivity index (χ3n) is 19.0. The second-order valence-corrected chi connectivity index (χ2v) is 25.0. The van der Waals surface area contributed by atoms with E-state index in [1.165, 1.54) is 12.1 Å². The highest BCUT2D eigenvalue weighted by molar-refractivity contribution is 6.30. The van der Waals surface area contributed by atoms with Gasteiger partial charge >= 0.3 is 0 Å². The second-order valence-electron chi connectivity index (χ2n) is 24.6. The van der Waals surface area contributed by atoms with Crippen LogP contribution in [0.1, 0.15) is 116 Å². The van der Waals surface area contributed by atoms with Gasteiger partial charge in [-0.2, -0.15) is 0 Å². The molecule has 7 heterocycles. The predicted octanol–water partition coefficient (Wildman–Crippen LogP) is 6.15. The van der Waals surface area contributed by atoms with Gasteiger partial charge in [-0.1, -0.05) is 61.2 Å². The molecule has 5 aromatic rings. The van der Waals surface area contributed by atoms with Crippen molar-refractivity contribution in [2.75, 3.05) is 103 Å². The van der Waals surface area contributed by atoms with Crippen LogP contribution in [0.25, 0.3) is 11.0 Å². The second kappa shape index (κ2) is 28.0. The molecule has 1 aliphatic carbocycles. The average Bonchev–Trinajstić information content (AvgIpc) is 2.85. The molecule has 460 valence electrons. The van der Waals surface area contributed by atoms with Crippen molar-refractivity contribution in [2.24, 2.45) is 11.7 Å². The number of likely N-dealkylation sites (tertiary alicyclic amines) is 3. The number of rotatable bonds is 20. The number of hydrogen-bond donors (Lipinski definition) is 5. The fraction of sp³-hybridized carbons (Fsp3) is 0.547. The Kier molecular flexibility index (Phi) is 19.9. The van der Waals surface area contributed by atoms with Crippen LogP contribution in [0, 0.1) is 17.6 Å². The largest absolute Gasteiger partial charge is 0.375 e. The Morgan fingerprint density at radius 1 is 0.733 bits per heavy atom. The fourth-order valence-corrected chi connectivity index (χ4v) is 13.6. The van der Waals surface area contributed by atoms with E-state index in [0.717, 1.165) is 125 Å². The summed E-state index contributed by atoms with van der Waals surface area (Å²) in [4.78, 5) is 93.1. The number of nitrogens with two attached hydrogens (primary N) is 1. The zero-order chi connectivity index (χ0) is 59.7. The first-order valence-corrected chi connectivity index (χ1v) is 31.5. The summed E-state index contributed by atoms with van der Waals surface area (Å²) in [5.74, 6) is -0.680. The lowest BCUT2D eigenvalue weighted by atomic mass is 9.83. The number of piperidine rings is 3. The lowest BCUT2D eigenvalue weighted by Crippen LogP contribution is -2.60. The summed E-state index contributed by atoms with van der Waals surface area (Å²) in [5, 5.41) is 11.0. The number of aromatic nitrogens is 3. The van der Waals surface area contributed by atoms with Crippen LogP contribution in [0.5, 0.6) is 0 Å². The Morgan fingerprint density at radius 3 is 2.13 bits per heavy atom. The Hall–Kier alpha value is -6.62. The molecule has 5 saturated heterocycles. The van der Waals surface area contributed by atoms with Gasteiger partial charge in [-0.05, 0) is 111 Å². The number of aromatic amines is 1. The molecular formula is C64H82ClF2N13O6. The molecule has 0 radical (unpaired) electrons. The molecule has 5 aliphatic heterocycles. The Balaban J connectivity index is 0.578. The molecule has 6 aliphatic rings. The molecule has 0 spiro atoms. The molecular weight excluding hydrogens is 1120 g/mol. The van der Waals surface area contributed by atoms with Crippen LogP contribution in [-0.4, -0.2) is 191 Å². The van der Waals surface area contributed by atoms with Crippen LogP contribution in [0.15, 0.2) is 85.3 Å². The maximum absolute atomic E-state index is 14.4. The number of H-pyrrole nitrogens is 1. The van der Waals surface area contributed by atoms with Crippen LogP contribution in [0.4, 0.5) is 14.6 Å². The zero-order valence-electron chi connectivity index (χ0n) is 49.1. The topological polar surface area (TPSA) is 218 Å². The fourth-order valence-electron chi connectivity index (χ4n) is 13.4. The van der Waals surface area contributed by atoms with E-state index >= 15 is 0 Å². The third-order valence-corrected chi connectivity index (χ3v) is 19.2. The summed E-state index contributed by atoms with van der Waals surface area (Å²) in [5.41, 5.74) is 9.40. The van der Waals surface area contributed by atoms with Crippen molar-refractivity contribution in [3.63, 3.8) is 0 Å². The molecule has 5 amide bonds. The summed E-state index contributed by atoms with van der Waals surface area (Å²) >= 11 is 6.29. The first kappa shape index (κ1) is 61.0. The first-order chi connectivity index (χ1) is 41.7. The van der Waals surface area contributed by atoms with Gasteiger partial charge in [-0.15, -0.1) is 0 Å². The molecule has 2 aromatic heterocycles. The minimum Gasteiger partial charge on any atom is -0.375 e. The van der Waals surface area contributed by atoms with Crippen molar-refractivity contribution in [3.05, 3.63) is 124 Å². The molecule has 22 heteroatoms. The standard InChI is InChI=1S/C64H82ClF2N13O6/c65-49-13-10-44(11-14-49)55(73-63(85)64(68)22-30-78(31-23-64)60-53-16-24-70-59(53)71-42-72-60)21-27-75-32-34-77(35-33-75)57(82)41-76-25-17-51(18-26-76)86-52-19-28-79(29-20-52)62(84)58(45-4-2-1-3-5-45)74-61(83)46-8-6-43(7-9-46)48-39-80(40-48)56(81)38-69-37-47-12-15-50(66)36-54(47)67/h6-16,24,36,42,45,48,51-52,55,58,69H,1-5,17-23,25-35,37-41,68H2,(H,73,85)(H,74,83)(H,70,71,72)/t55-,58+/m0/s1. The predicted molar refractivity (Wildman–Crippen MR) is 324 cm³/mol. The van der Waals surface area contributed by atoms with Gasteiger partial charge in [-0.25, -0.2) is 18.7 Å². The lowest BCUT2D eigenvalue weighted by Gasteiger charge is -2.40. The lowest BCUT2D eigenvalue weighted by molar-refractivity contribution is -0.140. The average molecular weight is 1200 g/mol. The van der Waals surface area contributed by atoms with Crippen molar-refractivity contribution < 1.29 is 37.5 Å². The van der Waals surface area contributed by atoms with E-state index in [2.05, 4.69) is 45.6 Å². The highest BCUT2D eigenvalue weighted by Crippen LogP contribution is 2.33. The van der Waals surface area contributed by atoms with Gasteiger partial charge in [0.1, 0.15) is 35.5 Å². The Labute approximate surface area is 507 Å². The van der Waals surface area contributed by atoms with E-state index in [-0.39, 0.29) is 72.7 Å². The highest BCUT2D eigenvalue weighted by Gasteiger charge is 2.41. The number of benzene rings is 3. The number of anilines is 1. The van der Waals surface area contributed by atoms with Crippen molar-refractivity contribution >= 4 is 58.0 Å². The van der Waals surface area contributed by atoms with Gasteiger partial charge in [0.15, 0.2) is 0 Å². The quantitative estimate of drug-likeness (QED) is 0.0592. The molecule has 3 aromatic carbocycles. The number of nitrogens with one attached hydrogen (secondary N) is 4. The van der Waals surface area contributed by atoms with Gasteiger partial charge in [0, 0.05) is 126 Å². The summed E-state index contributed by atoms with van der Waals surface area (Å²) < 4.78 is 33.9. The van der Waals surface area contributed by atoms with Gasteiger partial charge in [0.25, 0.3) is 5.91 Å². The monoisotopic (exact) mass is 1200 g/mol. The third kappa shape index (κ3) is 15.0. The van der Waals surface area contributed by atoms with E-state index in [0.29, 0.717) is 94.3 Å². The minimum absolute atomic E-state index is 0.0208. The number of nitrogens with zero attached hydrogens (tertiary/aromatic N) is 8. The van der Waals surface area contributed by atoms with Gasteiger partial charge in [0.05, 0.1) is 42.3 Å². The molecule has 86 heavy (non-hydrogen) atoms. The number of ether oxygens (including phenoxy) is 1. The number of hydrogen-bond acceptors (Lipinski definition) is 13. The van der Waals surface area contributed by atoms with Gasteiger partial charge in [0.2, 0.25) is 23.6 Å². The van der Waals surface area contributed by atoms with Gasteiger partial charge in [-0.3, -0.25) is 33.8 Å². The van der Waals surface area contributed by atoms with E-state index in [1.54, 1.807) is 23.4 Å². The zero-order valence-corrected chi connectivity index (χ0v) is 49.8. The van der Waals surface area contributed by atoms with E-state index < -0.39 is 23.2 Å². The number of piperazine rings is 1. The molecule has 19 nitrogen and oxygen atoms in total. The van der Waals surface area contributed by atoms with Crippen LogP contribution in [0.2, 0.25) is 5.02 Å².